The highest BCUT2D eigenvalue weighted by molar-refractivity contribution is 7.89. The van der Waals surface area contributed by atoms with Crippen LogP contribution in [0.25, 0.3) is 10.9 Å². The number of morpholine rings is 1. The molecule has 0 bridgehead atoms. The molecule has 1 saturated heterocycles. The Kier molecular flexibility index (Phi) is 3.91. The van der Waals surface area contributed by atoms with Crippen LogP contribution in [0.5, 0.6) is 0 Å². The first kappa shape index (κ1) is 16.0. The van der Waals surface area contributed by atoms with Crippen molar-refractivity contribution in [2.24, 2.45) is 7.05 Å². The van der Waals surface area contributed by atoms with Crippen LogP contribution in [0.15, 0.2) is 35.4 Å². The Balaban J connectivity index is 2.07. The summed E-state index contributed by atoms with van der Waals surface area (Å²) in [6, 6.07) is 5.48. The number of rotatable bonds is 3. The second-order valence-electron chi connectivity index (χ2n) is 5.62. The molecule has 3 rings (SSSR count). The molecule has 1 aromatic heterocycles. The average Bonchev–Trinajstić information content (AvgIpc) is 2.87. The van der Waals surface area contributed by atoms with Gasteiger partial charge in [-0.2, -0.15) is 4.31 Å². The van der Waals surface area contributed by atoms with Crippen molar-refractivity contribution < 1.29 is 23.1 Å². The molecular formula is C15H18N2O5S. The number of carboxylic acids is 1. The minimum atomic E-state index is -3.92. The van der Waals surface area contributed by atoms with Gasteiger partial charge < -0.3 is 14.4 Å². The van der Waals surface area contributed by atoms with E-state index in [-0.39, 0.29) is 18.0 Å². The summed E-state index contributed by atoms with van der Waals surface area (Å²) in [6.07, 6.45) is 1.15. The lowest BCUT2D eigenvalue weighted by Crippen LogP contribution is -2.56. The average molecular weight is 338 g/mol. The molecule has 0 spiro atoms. The number of aliphatic carboxylic acids is 1. The molecule has 0 aliphatic carbocycles. The molecule has 7 nitrogen and oxygen atoms in total. The Morgan fingerprint density at radius 3 is 2.78 bits per heavy atom. The SMILES string of the molecule is C[C@@H]1OCCN(S(=O)(=O)c2ccc3ccn(C)c3c2)[C@H]1C(=O)O. The largest absolute Gasteiger partial charge is 0.480 e. The van der Waals surface area contributed by atoms with Crippen LogP contribution >= 0.6 is 0 Å². The van der Waals surface area contributed by atoms with Crippen molar-refractivity contribution >= 4 is 26.9 Å². The van der Waals surface area contributed by atoms with Gasteiger partial charge in [0, 0.05) is 25.3 Å². The van der Waals surface area contributed by atoms with Gasteiger partial charge in [-0.1, -0.05) is 6.07 Å². The minimum Gasteiger partial charge on any atom is -0.480 e. The molecule has 1 aliphatic heterocycles. The predicted octanol–water partition coefficient (Wildman–Crippen LogP) is 1.04. The Morgan fingerprint density at radius 2 is 2.09 bits per heavy atom. The number of carbonyl (C=O) groups is 1. The lowest BCUT2D eigenvalue weighted by atomic mass is 10.1. The van der Waals surface area contributed by atoms with Crippen LogP contribution in [0.4, 0.5) is 0 Å². The van der Waals surface area contributed by atoms with Crippen molar-refractivity contribution in [1.29, 1.82) is 0 Å². The third-order valence-corrected chi connectivity index (χ3v) is 6.04. The summed E-state index contributed by atoms with van der Waals surface area (Å²) in [6.45, 7) is 1.77. The first-order valence-corrected chi connectivity index (χ1v) is 8.68. The second kappa shape index (κ2) is 5.63. The van der Waals surface area contributed by atoms with Crippen LogP contribution in [-0.4, -0.2) is 53.7 Å². The third kappa shape index (κ3) is 2.62. The zero-order chi connectivity index (χ0) is 16.8. The molecule has 2 heterocycles. The standard InChI is InChI=1S/C15H18N2O5S/c1-10-14(15(18)19)17(7-8-22-10)23(20,21)12-4-3-11-5-6-16(2)13(11)9-12/h3-6,9-10,14H,7-8H2,1-2H3,(H,18,19)/t10-,14+/m0/s1. The summed E-state index contributed by atoms with van der Waals surface area (Å²) in [5, 5.41) is 10.3. The fourth-order valence-corrected chi connectivity index (χ4v) is 4.57. The molecule has 0 saturated carbocycles. The van der Waals surface area contributed by atoms with Crippen LogP contribution in [0.3, 0.4) is 0 Å². The molecule has 1 aromatic carbocycles. The summed E-state index contributed by atoms with van der Waals surface area (Å²) in [5.74, 6) is -1.21. The zero-order valence-corrected chi connectivity index (χ0v) is 13.7. The Bertz CT molecular complexity index is 858. The van der Waals surface area contributed by atoms with Crippen LogP contribution in [0.1, 0.15) is 6.92 Å². The van der Waals surface area contributed by atoms with Gasteiger partial charge >= 0.3 is 5.97 Å². The van der Waals surface area contributed by atoms with Gasteiger partial charge in [0.05, 0.1) is 17.6 Å². The molecule has 1 fully saturated rings. The smallest absolute Gasteiger partial charge is 0.324 e. The van der Waals surface area contributed by atoms with E-state index in [9.17, 15) is 18.3 Å². The maximum Gasteiger partial charge on any atom is 0.324 e. The Morgan fingerprint density at radius 1 is 1.35 bits per heavy atom. The number of benzene rings is 1. The summed E-state index contributed by atoms with van der Waals surface area (Å²) >= 11 is 0. The quantitative estimate of drug-likeness (QED) is 0.903. The van der Waals surface area contributed by atoms with Crippen LogP contribution < -0.4 is 0 Å². The zero-order valence-electron chi connectivity index (χ0n) is 12.8. The summed E-state index contributed by atoms with van der Waals surface area (Å²) in [5.41, 5.74) is 0.777. The maximum atomic E-state index is 12.9. The van der Waals surface area contributed by atoms with E-state index in [1.54, 1.807) is 19.1 Å². The number of ether oxygens (including phenoxy) is 1. The van der Waals surface area contributed by atoms with E-state index >= 15 is 0 Å². The monoisotopic (exact) mass is 338 g/mol. The number of fused-ring (bicyclic) bond motifs is 1. The van der Waals surface area contributed by atoms with E-state index in [1.807, 2.05) is 23.9 Å². The summed E-state index contributed by atoms with van der Waals surface area (Å²) < 4.78 is 34.0. The molecule has 2 aromatic rings. The molecule has 124 valence electrons. The molecule has 1 N–H and O–H groups in total. The summed E-state index contributed by atoms with van der Waals surface area (Å²) in [7, 11) is -2.09. The maximum absolute atomic E-state index is 12.9. The molecule has 8 heteroatoms. The van der Waals surface area contributed by atoms with Gasteiger partial charge in [0.25, 0.3) is 0 Å². The lowest BCUT2D eigenvalue weighted by Gasteiger charge is -2.36. The van der Waals surface area contributed by atoms with E-state index in [0.29, 0.717) is 0 Å². The number of sulfonamides is 1. The van der Waals surface area contributed by atoms with Crippen molar-refractivity contribution in [3.63, 3.8) is 0 Å². The van der Waals surface area contributed by atoms with E-state index in [1.165, 1.54) is 6.07 Å². The molecule has 0 radical (unpaired) electrons. The fraction of sp³-hybridized carbons (Fsp3) is 0.400. The van der Waals surface area contributed by atoms with Crippen LogP contribution in [0.2, 0.25) is 0 Å². The lowest BCUT2D eigenvalue weighted by molar-refractivity contribution is -0.150. The van der Waals surface area contributed by atoms with E-state index in [4.69, 9.17) is 4.74 Å². The van der Waals surface area contributed by atoms with Crippen LogP contribution in [0, 0.1) is 0 Å². The molecule has 0 unspecified atom stereocenters. The van der Waals surface area contributed by atoms with Gasteiger partial charge in [0.15, 0.2) is 0 Å². The van der Waals surface area contributed by atoms with Gasteiger partial charge in [0.2, 0.25) is 10.0 Å². The van der Waals surface area contributed by atoms with Gasteiger partial charge in [-0.15, -0.1) is 0 Å². The van der Waals surface area contributed by atoms with Gasteiger partial charge in [-0.25, -0.2) is 8.42 Å². The fourth-order valence-electron chi connectivity index (χ4n) is 2.92. The second-order valence-corrected chi connectivity index (χ2v) is 7.51. The highest BCUT2D eigenvalue weighted by Gasteiger charge is 2.42. The van der Waals surface area contributed by atoms with Crippen molar-refractivity contribution in [2.45, 2.75) is 24.0 Å². The van der Waals surface area contributed by atoms with Gasteiger partial charge in [0.1, 0.15) is 6.04 Å². The minimum absolute atomic E-state index is 0.0226. The van der Waals surface area contributed by atoms with Crippen molar-refractivity contribution in [2.75, 3.05) is 13.2 Å². The van der Waals surface area contributed by atoms with Crippen LogP contribution in [-0.2, 0) is 26.6 Å². The van der Waals surface area contributed by atoms with Crippen molar-refractivity contribution in [3.8, 4) is 0 Å². The highest BCUT2D eigenvalue weighted by atomic mass is 32.2. The number of aromatic nitrogens is 1. The number of hydrogen-bond acceptors (Lipinski definition) is 4. The van der Waals surface area contributed by atoms with Gasteiger partial charge in [-0.05, 0) is 30.5 Å². The number of aryl methyl sites for hydroxylation is 1. The summed E-state index contributed by atoms with van der Waals surface area (Å²) in [4.78, 5) is 11.6. The molecular weight excluding hydrogens is 320 g/mol. The molecule has 23 heavy (non-hydrogen) atoms. The van der Waals surface area contributed by atoms with E-state index in [0.717, 1.165) is 15.2 Å². The predicted molar refractivity (Wildman–Crippen MR) is 83.6 cm³/mol. The first-order valence-electron chi connectivity index (χ1n) is 7.23. The van der Waals surface area contributed by atoms with Crippen molar-refractivity contribution in [1.82, 2.24) is 8.87 Å². The number of hydrogen-bond donors (Lipinski definition) is 1. The number of nitrogens with zero attached hydrogens (tertiary/aromatic N) is 2. The first-order chi connectivity index (χ1) is 10.8. The topological polar surface area (TPSA) is 88.8 Å². The molecule has 2 atom stereocenters. The third-order valence-electron chi connectivity index (χ3n) is 4.17. The van der Waals surface area contributed by atoms with E-state index < -0.39 is 28.1 Å². The normalized spacial score (nSPS) is 23.2. The van der Waals surface area contributed by atoms with Crippen molar-refractivity contribution in [3.05, 3.63) is 30.5 Å². The Hall–Kier alpha value is -1.90. The Labute approximate surface area is 134 Å². The number of carboxylic acid groups (broad SMARTS) is 1. The van der Waals surface area contributed by atoms with Gasteiger partial charge in [-0.3, -0.25) is 4.79 Å². The molecule has 0 amide bonds. The van der Waals surface area contributed by atoms with E-state index in [2.05, 4.69) is 0 Å². The highest BCUT2D eigenvalue weighted by Crippen LogP contribution is 2.26. The molecule has 1 aliphatic rings.